The molecule has 0 saturated carbocycles. The first-order valence-corrected chi connectivity index (χ1v) is 9.01. The summed E-state index contributed by atoms with van der Waals surface area (Å²) >= 11 is 1.55. The van der Waals surface area contributed by atoms with Gasteiger partial charge in [-0.2, -0.15) is 0 Å². The number of methoxy groups -OCH3 is 1. The summed E-state index contributed by atoms with van der Waals surface area (Å²) in [5.74, 6) is 1.44. The molecule has 1 amide bonds. The van der Waals surface area contributed by atoms with Gasteiger partial charge < -0.3 is 19.1 Å². The number of amides is 1. The molecule has 4 rings (SSSR count). The van der Waals surface area contributed by atoms with Gasteiger partial charge in [0.15, 0.2) is 0 Å². The third kappa shape index (κ3) is 3.19. The van der Waals surface area contributed by atoms with Gasteiger partial charge in [-0.3, -0.25) is 4.79 Å². The summed E-state index contributed by atoms with van der Waals surface area (Å²) < 4.78 is 16.5. The Kier molecular flexibility index (Phi) is 4.31. The lowest BCUT2D eigenvalue weighted by atomic mass is 10.1. The van der Waals surface area contributed by atoms with E-state index < -0.39 is 0 Å². The summed E-state index contributed by atoms with van der Waals surface area (Å²) in [5.41, 5.74) is 1.77. The molecule has 0 N–H and O–H groups in total. The lowest BCUT2D eigenvalue weighted by molar-refractivity contribution is -0.118. The number of hydrogen-bond donors (Lipinski definition) is 0. The zero-order chi connectivity index (χ0) is 17.4. The fourth-order valence-corrected chi connectivity index (χ4v) is 4.15. The Balaban J connectivity index is 1.70. The van der Waals surface area contributed by atoms with Gasteiger partial charge in [0.05, 0.1) is 19.4 Å². The third-order valence-corrected chi connectivity index (χ3v) is 5.64. The van der Waals surface area contributed by atoms with Crippen LogP contribution >= 0.6 is 11.8 Å². The number of benzene rings is 2. The van der Waals surface area contributed by atoms with Gasteiger partial charge in [0, 0.05) is 17.5 Å². The maximum absolute atomic E-state index is 13.0. The predicted octanol–water partition coefficient (Wildman–Crippen LogP) is 3.28. The lowest BCUT2D eigenvalue weighted by Gasteiger charge is -2.31. The fraction of sp³-hybridized carbons (Fsp3) is 0.316. The van der Waals surface area contributed by atoms with Crippen LogP contribution in [0, 0.1) is 0 Å². The van der Waals surface area contributed by atoms with Crippen LogP contribution in [0.4, 0.5) is 5.69 Å². The van der Waals surface area contributed by atoms with E-state index in [0.717, 1.165) is 22.8 Å². The summed E-state index contributed by atoms with van der Waals surface area (Å²) in [6.45, 7) is 1.23. The summed E-state index contributed by atoms with van der Waals surface area (Å²) in [6, 6.07) is 13.5. The molecule has 2 aliphatic rings. The smallest absolute Gasteiger partial charge is 0.244 e. The van der Waals surface area contributed by atoms with E-state index in [0.29, 0.717) is 18.1 Å². The molecule has 0 radical (unpaired) electrons. The Morgan fingerprint density at radius 1 is 1.28 bits per heavy atom. The quantitative estimate of drug-likeness (QED) is 0.769. The molecule has 6 heteroatoms. The Morgan fingerprint density at radius 3 is 2.84 bits per heavy atom. The number of para-hydroxylation sites is 1. The Labute approximate surface area is 150 Å². The minimum Gasteiger partial charge on any atom is -0.497 e. The van der Waals surface area contributed by atoms with Crippen LogP contribution in [-0.4, -0.2) is 39.4 Å². The molecule has 0 bridgehead atoms. The molecule has 130 valence electrons. The van der Waals surface area contributed by atoms with Gasteiger partial charge in [-0.15, -0.1) is 11.8 Å². The van der Waals surface area contributed by atoms with Crippen molar-refractivity contribution in [1.29, 1.82) is 0 Å². The van der Waals surface area contributed by atoms with Crippen LogP contribution in [0.5, 0.6) is 11.5 Å². The number of rotatable bonds is 5. The fourth-order valence-electron chi connectivity index (χ4n) is 2.84. The normalized spacial score (nSPS) is 21.7. The zero-order valence-electron chi connectivity index (χ0n) is 14.1. The maximum Gasteiger partial charge on any atom is 0.244 e. The van der Waals surface area contributed by atoms with E-state index in [2.05, 4.69) is 0 Å². The molecule has 25 heavy (non-hydrogen) atoms. The van der Waals surface area contributed by atoms with Crippen LogP contribution in [0.25, 0.3) is 0 Å². The number of hydrogen-bond acceptors (Lipinski definition) is 5. The van der Waals surface area contributed by atoms with E-state index in [1.54, 1.807) is 23.8 Å². The van der Waals surface area contributed by atoms with E-state index in [4.69, 9.17) is 14.2 Å². The molecule has 0 aromatic heterocycles. The molecule has 2 aliphatic heterocycles. The van der Waals surface area contributed by atoms with Crippen molar-refractivity contribution in [2.45, 2.75) is 16.2 Å². The highest BCUT2D eigenvalue weighted by Crippen LogP contribution is 2.48. The molecule has 5 nitrogen and oxygen atoms in total. The van der Waals surface area contributed by atoms with E-state index in [9.17, 15) is 4.79 Å². The second kappa shape index (κ2) is 6.61. The van der Waals surface area contributed by atoms with Crippen LogP contribution in [0.1, 0.15) is 10.8 Å². The first-order chi connectivity index (χ1) is 12.2. The molecule has 2 unspecified atom stereocenters. The lowest BCUT2D eigenvalue weighted by Crippen LogP contribution is -2.33. The highest BCUT2D eigenvalue weighted by Gasteiger charge is 2.35. The molecule has 2 aromatic carbocycles. The van der Waals surface area contributed by atoms with Crippen molar-refractivity contribution in [1.82, 2.24) is 0 Å². The zero-order valence-corrected chi connectivity index (χ0v) is 14.9. The van der Waals surface area contributed by atoms with E-state index >= 15 is 0 Å². The molecule has 2 atom stereocenters. The molecule has 0 spiro atoms. The second-order valence-corrected chi connectivity index (χ2v) is 7.18. The summed E-state index contributed by atoms with van der Waals surface area (Å²) in [4.78, 5) is 15.8. The van der Waals surface area contributed by atoms with Crippen LogP contribution in [0.3, 0.4) is 0 Å². The van der Waals surface area contributed by atoms with Gasteiger partial charge in [0.2, 0.25) is 5.91 Å². The van der Waals surface area contributed by atoms with Gasteiger partial charge in [-0.25, -0.2) is 0 Å². The summed E-state index contributed by atoms with van der Waals surface area (Å²) in [5, 5.41) is -0.370. The van der Waals surface area contributed by atoms with E-state index in [-0.39, 0.29) is 17.3 Å². The van der Waals surface area contributed by atoms with Crippen molar-refractivity contribution in [2.24, 2.45) is 0 Å². The average Bonchev–Trinajstić information content (AvgIpc) is 3.47. The summed E-state index contributed by atoms with van der Waals surface area (Å²) in [6.07, 6.45) is 0.160. The van der Waals surface area contributed by atoms with Gasteiger partial charge in [0.25, 0.3) is 0 Å². The van der Waals surface area contributed by atoms with Gasteiger partial charge >= 0.3 is 0 Å². The highest BCUT2D eigenvalue weighted by molar-refractivity contribution is 8.00. The Morgan fingerprint density at radius 2 is 2.08 bits per heavy atom. The highest BCUT2D eigenvalue weighted by atomic mass is 32.2. The number of ether oxygens (including phenoxy) is 3. The van der Waals surface area contributed by atoms with Crippen molar-refractivity contribution in [3.8, 4) is 11.5 Å². The maximum atomic E-state index is 13.0. The number of carbonyl (C=O) groups excluding carboxylic acids is 1. The minimum absolute atomic E-state index is 0.0319. The van der Waals surface area contributed by atoms with Crippen molar-refractivity contribution < 1.29 is 19.0 Å². The van der Waals surface area contributed by atoms with E-state index in [1.165, 1.54) is 0 Å². The number of fused-ring (bicyclic) bond motifs is 1. The van der Waals surface area contributed by atoms with E-state index in [1.807, 2.05) is 49.5 Å². The number of nitrogens with zero attached hydrogens (tertiary/aromatic N) is 1. The number of thioether (sulfide) groups is 1. The molecule has 1 fully saturated rings. The first kappa shape index (κ1) is 16.3. The SMILES string of the molecule is COc1ccc(OCC2CO2)c(C2Sc3ccccc3N(C)C2=O)c1. The van der Waals surface area contributed by atoms with Crippen LogP contribution in [-0.2, 0) is 9.53 Å². The van der Waals surface area contributed by atoms with Crippen molar-refractivity contribution >= 4 is 23.4 Å². The van der Waals surface area contributed by atoms with Gasteiger partial charge in [0.1, 0.15) is 29.5 Å². The standard InChI is InChI=1S/C19H19NO4S/c1-20-15-5-3-4-6-17(15)25-18(19(20)21)14-9-12(22-2)7-8-16(14)24-11-13-10-23-13/h3-9,13,18H,10-11H2,1-2H3. The van der Waals surface area contributed by atoms with Crippen LogP contribution < -0.4 is 14.4 Å². The van der Waals surface area contributed by atoms with Crippen molar-refractivity contribution in [3.05, 3.63) is 48.0 Å². The second-order valence-electron chi connectivity index (χ2n) is 6.03. The monoisotopic (exact) mass is 357 g/mol. The molecular weight excluding hydrogens is 338 g/mol. The number of likely N-dealkylation sites (N-methyl/N-ethyl adjacent to an activating group) is 1. The van der Waals surface area contributed by atoms with Gasteiger partial charge in [-0.05, 0) is 30.3 Å². The third-order valence-electron chi connectivity index (χ3n) is 4.35. The topological polar surface area (TPSA) is 51.3 Å². The Hall–Kier alpha value is -2.18. The van der Waals surface area contributed by atoms with Crippen LogP contribution in [0.15, 0.2) is 47.4 Å². The molecule has 1 saturated heterocycles. The average molecular weight is 357 g/mol. The minimum atomic E-state index is -0.370. The van der Waals surface area contributed by atoms with Gasteiger partial charge in [-0.1, -0.05) is 12.1 Å². The molecule has 0 aliphatic carbocycles. The number of anilines is 1. The summed E-state index contributed by atoms with van der Waals surface area (Å²) in [7, 11) is 3.43. The molecular formula is C19H19NO4S. The molecule has 2 aromatic rings. The van der Waals surface area contributed by atoms with Crippen molar-refractivity contribution in [2.75, 3.05) is 32.3 Å². The largest absolute Gasteiger partial charge is 0.497 e. The van der Waals surface area contributed by atoms with Crippen LogP contribution in [0.2, 0.25) is 0 Å². The number of epoxide rings is 1. The Bertz CT molecular complexity index is 806. The number of carbonyl (C=O) groups is 1. The predicted molar refractivity (Wildman–Crippen MR) is 96.7 cm³/mol. The first-order valence-electron chi connectivity index (χ1n) is 8.13. The van der Waals surface area contributed by atoms with Crippen molar-refractivity contribution in [3.63, 3.8) is 0 Å². The molecule has 2 heterocycles.